The predicted octanol–water partition coefficient (Wildman–Crippen LogP) is 3.97. The molecule has 5 heteroatoms. The maximum absolute atomic E-state index is 11.9. The number of alkyl halides is 3. The minimum Gasteiger partial charge on any atom is -0.384 e. The molecule has 90 valence electrons. The Balaban J connectivity index is 2.43. The highest BCUT2D eigenvalue weighted by atomic mass is 32.2. The normalized spacial score (nSPS) is 11.6. The van der Waals surface area contributed by atoms with Crippen molar-refractivity contribution in [1.82, 2.24) is 0 Å². The average molecular weight is 249 g/mol. The quantitative estimate of drug-likeness (QED) is 0.810. The molecular weight excluding hydrogens is 235 g/mol. The molecule has 0 amide bonds. The summed E-state index contributed by atoms with van der Waals surface area (Å²) in [4.78, 5) is 0. The molecule has 1 N–H and O–H groups in total. The van der Waals surface area contributed by atoms with Crippen LogP contribution < -0.4 is 5.32 Å². The van der Waals surface area contributed by atoms with Crippen LogP contribution in [0.2, 0.25) is 0 Å². The van der Waals surface area contributed by atoms with Crippen molar-refractivity contribution >= 4 is 17.4 Å². The summed E-state index contributed by atoms with van der Waals surface area (Å²) in [6.45, 7) is 4.19. The van der Waals surface area contributed by atoms with Crippen molar-refractivity contribution < 1.29 is 13.2 Å². The van der Waals surface area contributed by atoms with Crippen molar-refractivity contribution in [2.24, 2.45) is 0 Å². The van der Waals surface area contributed by atoms with Crippen molar-refractivity contribution in [3.05, 3.63) is 29.3 Å². The summed E-state index contributed by atoms with van der Waals surface area (Å²) in [6.07, 6.45) is 0. The fourth-order valence-electron chi connectivity index (χ4n) is 1.44. The number of hydrogen-bond donors (Lipinski definition) is 1. The van der Waals surface area contributed by atoms with Crippen molar-refractivity contribution in [2.75, 3.05) is 17.6 Å². The number of rotatable bonds is 4. The van der Waals surface area contributed by atoms with E-state index in [2.05, 4.69) is 5.32 Å². The molecular formula is C11H14F3NS. The topological polar surface area (TPSA) is 12.0 Å². The lowest BCUT2D eigenvalue weighted by Gasteiger charge is -2.12. The second kappa shape index (κ2) is 5.48. The highest BCUT2D eigenvalue weighted by Gasteiger charge is 2.27. The Kier molecular flexibility index (Phi) is 4.53. The minimum absolute atomic E-state index is 0.00203. The number of halogens is 3. The standard InChI is InChI=1S/C11H14F3NS/c1-8-4-3-5-9(2)10(8)15-6-7-16-11(12,13)14/h3-5,15H,6-7H2,1-2H3. The highest BCUT2D eigenvalue weighted by molar-refractivity contribution is 8.00. The van der Waals surface area contributed by atoms with E-state index in [0.717, 1.165) is 16.8 Å². The van der Waals surface area contributed by atoms with Crippen LogP contribution in [0.5, 0.6) is 0 Å². The largest absolute Gasteiger partial charge is 0.441 e. The van der Waals surface area contributed by atoms with Gasteiger partial charge in [-0.15, -0.1) is 0 Å². The van der Waals surface area contributed by atoms with Gasteiger partial charge in [0.1, 0.15) is 0 Å². The van der Waals surface area contributed by atoms with Gasteiger partial charge in [-0.2, -0.15) is 13.2 Å². The zero-order valence-corrected chi connectivity index (χ0v) is 10.0. The van der Waals surface area contributed by atoms with E-state index < -0.39 is 5.51 Å². The number of para-hydroxylation sites is 1. The second-order valence-corrected chi connectivity index (χ2v) is 4.65. The average Bonchev–Trinajstić information content (AvgIpc) is 2.14. The molecule has 0 saturated carbocycles. The number of aryl methyl sites for hydroxylation is 2. The summed E-state index contributed by atoms with van der Waals surface area (Å²) in [7, 11) is 0. The highest BCUT2D eigenvalue weighted by Crippen LogP contribution is 2.29. The fraction of sp³-hybridized carbons (Fsp3) is 0.455. The van der Waals surface area contributed by atoms with Crippen LogP contribution in [0.15, 0.2) is 18.2 Å². The summed E-state index contributed by atoms with van der Waals surface area (Å²) in [5.74, 6) is 0.0251. The van der Waals surface area contributed by atoms with E-state index in [1.165, 1.54) is 0 Å². The molecule has 0 atom stereocenters. The number of hydrogen-bond acceptors (Lipinski definition) is 2. The Bertz CT molecular complexity index is 329. The van der Waals surface area contributed by atoms with E-state index in [-0.39, 0.29) is 17.5 Å². The number of benzene rings is 1. The fourth-order valence-corrected chi connectivity index (χ4v) is 1.87. The minimum atomic E-state index is -4.14. The van der Waals surface area contributed by atoms with Crippen LogP contribution in [0.25, 0.3) is 0 Å². The number of nitrogens with one attached hydrogen (secondary N) is 1. The summed E-state index contributed by atoms with van der Waals surface area (Å²) < 4.78 is 35.6. The third kappa shape index (κ3) is 4.35. The van der Waals surface area contributed by atoms with Crippen LogP contribution >= 0.6 is 11.8 Å². The first-order valence-corrected chi connectivity index (χ1v) is 5.89. The van der Waals surface area contributed by atoms with Crippen LogP contribution in [0.3, 0.4) is 0 Å². The van der Waals surface area contributed by atoms with Crippen LogP contribution in [-0.4, -0.2) is 17.8 Å². The SMILES string of the molecule is Cc1cccc(C)c1NCCSC(F)(F)F. The summed E-state index contributed by atoms with van der Waals surface area (Å²) in [5.41, 5.74) is -1.10. The summed E-state index contributed by atoms with van der Waals surface area (Å²) in [5, 5.41) is 3.03. The third-order valence-electron chi connectivity index (χ3n) is 2.15. The Morgan fingerprint density at radius 1 is 1.19 bits per heavy atom. The molecule has 0 aromatic heterocycles. The Morgan fingerprint density at radius 2 is 1.75 bits per heavy atom. The van der Waals surface area contributed by atoms with E-state index in [1.54, 1.807) is 0 Å². The molecule has 0 heterocycles. The summed E-state index contributed by atoms with van der Waals surface area (Å²) in [6, 6.07) is 5.80. The first-order chi connectivity index (χ1) is 7.40. The van der Waals surface area contributed by atoms with Crippen molar-refractivity contribution in [3.63, 3.8) is 0 Å². The van der Waals surface area contributed by atoms with Crippen LogP contribution in [0, 0.1) is 13.8 Å². The molecule has 0 radical (unpaired) electrons. The molecule has 16 heavy (non-hydrogen) atoms. The van der Waals surface area contributed by atoms with Crippen LogP contribution in [0.1, 0.15) is 11.1 Å². The van der Waals surface area contributed by atoms with Gasteiger partial charge in [0.15, 0.2) is 0 Å². The Hall–Kier alpha value is -0.840. The van der Waals surface area contributed by atoms with Gasteiger partial charge < -0.3 is 5.32 Å². The molecule has 1 nitrogen and oxygen atoms in total. The molecule has 1 aromatic carbocycles. The molecule has 0 aliphatic heterocycles. The molecule has 0 bridgehead atoms. The van der Waals surface area contributed by atoms with E-state index in [4.69, 9.17) is 0 Å². The first-order valence-electron chi connectivity index (χ1n) is 4.91. The molecule has 0 fully saturated rings. The molecule has 1 aromatic rings. The Morgan fingerprint density at radius 3 is 2.25 bits per heavy atom. The van der Waals surface area contributed by atoms with Crippen molar-refractivity contribution in [1.29, 1.82) is 0 Å². The maximum atomic E-state index is 11.9. The lowest BCUT2D eigenvalue weighted by molar-refractivity contribution is -0.0327. The van der Waals surface area contributed by atoms with E-state index in [1.807, 2.05) is 32.0 Å². The third-order valence-corrected chi connectivity index (χ3v) is 2.89. The van der Waals surface area contributed by atoms with E-state index in [0.29, 0.717) is 6.54 Å². The molecule has 0 aliphatic rings. The monoisotopic (exact) mass is 249 g/mol. The van der Waals surface area contributed by atoms with Gasteiger partial charge in [0.2, 0.25) is 0 Å². The zero-order chi connectivity index (χ0) is 12.2. The maximum Gasteiger partial charge on any atom is 0.441 e. The van der Waals surface area contributed by atoms with Gasteiger partial charge in [-0.1, -0.05) is 18.2 Å². The van der Waals surface area contributed by atoms with E-state index >= 15 is 0 Å². The van der Waals surface area contributed by atoms with Crippen molar-refractivity contribution in [3.8, 4) is 0 Å². The molecule has 0 unspecified atom stereocenters. The molecule has 0 spiro atoms. The van der Waals surface area contributed by atoms with Crippen LogP contribution in [0.4, 0.5) is 18.9 Å². The zero-order valence-electron chi connectivity index (χ0n) is 9.19. The molecule has 1 rings (SSSR count). The number of thioether (sulfide) groups is 1. The molecule has 0 saturated heterocycles. The van der Waals surface area contributed by atoms with Gasteiger partial charge in [0.25, 0.3) is 0 Å². The van der Waals surface area contributed by atoms with E-state index in [9.17, 15) is 13.2 Å². The molecule has 0 aliphatic carbocycles. The predicted molar refractivity (Wildman–Crippen MR) is 62.9 cm³/mol. The first kappa shape index (κ1) is 13.2. The smallest absolute Gasteiger partial charge is 0.384 e. The van der Waals surface area contributed by atoms with Gasteiger partial charge in [0.05, 0.1) is 0 Å². The van der Waals surface area contributed by atoms with Gasteiger partial charge in [-0.25, -0.2) is 0 Å². The van der Waals surface area contributed by atoms with Gasteiger partial charge >= 0.3 is 5.51 Å². The van der Waals surface area contributed by atoms with Crippen molar-refractivity contribution in [2.45, 2.75) is 19.4 Å². The second-order valence-electron chi connectivity index (χ2n) is 3.49. The van der Waals surface area contributed by atoms with Gasteiger partial charge in [0, 0.05) is 18.0 Å². The lowest BCUT2D eigenvalue weighted by atomic mass is 10.1. The van der Waals surface area contributed by atoms with Gasteiger partial charge in [-0.05, 0) is 36.7 Å². The summed E-state index contributed by atoms with van der Waals surface area (Å²) >= 11 is 0.00203. The Labute approximate surface area is 97.4 Å². The number of anilines is 1. The lowest BCUT2D eigenvalue weighted by Crippen LogP contribution is -2.10. The van der Waals surface area contributed by atoms with Crippen LogP contribution in [-0.2, 0) is 0 Å². The van der Waals surface area contributed by atoms with Gasteiger partial charge in [-0.3, -0.25) is 0 Å².